The normalized spacial score (nSPS) is 18.5. The molecule has 0 N–H and O–H groups in total. The summed E-state index contributed by atoms with van der Waals surface area (Å²) in [5, 5.41) is 0. The van der Waals surface area contributed by atoms with Crippen LogP contribution in [0.25, 0.3) is 16.6 Å². The van der Waals surface area contributed by atoms with Gasteiger partial charge in [0.15, 0.2) is 0 Å². The van der Waals surface area contributed by atoms with Crippen LogP contribution in [0.3, 0.4) is 0 Å². The van der Waals surface area contributed by atoms with Crippen molar-refractivity contribution in [3.8, 4) is 11.1 Å². The Hall–Kier alpha value is -3.46. The molecule has 0 radical (unpaired) electrons. The number of amides is 2. The third-order valence-corrected chi connectivity index (χ3v) is 7.16. The molecule has 0 bridgehead atoms. The number of fused-ring (bicyclic) bond motifs is 1. The smallest absolute Gasteiger partial charge is 0.410 e. The number of aromatic nitrogens is 2. The van der Waals surface area contributed by atoms with E-state index in [-0.39, 0.29) is 24.0 Å². The molecule has 0 unspecified atom stereocenters. The van der Waals surface area contributed by atoms with Gasteiger partial charge in [-0.2, -0.15) is 0 Å². The molecule has 9 heteroatoms. The molecule has 0 saturated carbocycles. The molecule has 2 aliphatic rings. The first-order chi connectivity index (χ1) is 18.0. The molecular formula is C29H35FN4O4. The van der Waals surface area contributed by atoms with Crippen molar-refractivity contribution >= 4 is 17.5 Å². The van der Waals surface area contributed by atoms with Crippen LogP contribution in [0.1, 0.15) is 49.4 Å². The number of hydrogen-bond donors (Lipinski definition) is 0. The predicted octanol–water partition coefficient (Wildman–Crippen LogP) is 4.72. The van der Waals surface area contributed by atoms with E-state index in [9.17, 15) is 14.0 Å². The van der Waals surface area contributed by atoms with Crippen LogP contribution in [-0.2, 0) is 15.9 Å². The van der Waals surface area contributed by atoms with Crippen LogP contribution >= 0.6 is 0 Å². The number of likely N-dealkylation sites (tertiary alicyclic amines) is 1. The first-order valence-corrected chi connectivity index (χ1v) is 13.1. The average Bonchev–Trinajstić information content (AvgIpc) is 3.19. The maximum Gasteiger partial charge on any atom is 0.410 e. The standard InChI is InChI=1S/C29H35FN4O4/c1-18-13-31-14-26-24(12-22(34(18)26)10-20-15-32(16-20)28(36)38-29(3,4)5)23-7-6-21(30)11-25(23)27(35)33-8-9-37-17-19(33)2/h6-7,11-14,19-20H,8-10,15-17H2,1-5H3/t19-/m1/s1. The molecule has 0 aliphatic carbocycles. The fourth-order valence-electron chi connectivity index (χ4n) is 5.35. The van der Waals surface area contributed by atoms with Crippen molar-refractivity contribution in [2.24, 2.45) is 5.92 Å². The number of rotatable bonds is 4. The van der Waals surface area contributed by atoms with Crippen LogP contribution in [0, 0.1) is 18.7 Å². The van der Waals surface area contributed by atoms with Gasteiger partial charge in [0, 0.05) is 42.8 Å². The van der Waals surface area contributed by atoms with E-state index in [0.29, 0.717) is 44.0 Å². The highest BCUT2D eigenvalue weighted by Gasteiger charge is 2.35. The van der Waals surface area contributed by atoms with Gasteiger partial charge < -0.3 is 23.7 Å². The summed E-state index contributed by atoms with van der Waals surface area (Å²) < 4.78 is 27.6. The number of carbonyl (C=O) groups is 2. The van der Waals surface area contributed by atoms with E-state index in [0.717, 1.165) is 28.9 Å². The maximum absolute atomic E-state index is 14.4. The van der Waals surface area contributed by atoms with Gasteiger partial charge in [0.2, 0.25) is 0 Å². The van der Waals surface area contributed by atoms with Gasteiger partial charge in [-0.15, -0.1) is 0 Å². The minimum atomic E-state index is -0.526. The van der Waals surface area contributed by atoms with Crippen LogP contribution in [0.4, 0.5) is 9.18 Å². The fourth-order valence-corrected chi connectivity index (χ4v) is 5.35. The molecule has 2 amide bonds. The summed E-state index contributed by atoms with van der Waals surface area (Å²) in [7, 11) is 0. The largest absolute Gasteiger partial charge is 0.444 e. The SMILES string of the molecule is Cc1cncc2c(-c3ccc(F)cc3C(=O)N3CCOC[C@H]3C)cc(CC3CN(C(=O)OC(C)(C)C)C3)n12. The minimum Gasteiger partial charge on any atom is -0.444 e. The van der Waals surface area contributed by atoms with Crippen molar-refractivity contribution in [1.29, 1.82) is 0 Å². The van der Waals surface area contributed by atoms with Gasteiger partial charge in [-0.1, -0.05) is 6.07 Å². The quantitative estimate of drug-likeness (QED) is 0.496. The van der Waals surface area contributed by atoms with Gasteiger partial charge in [-0.25, -0.2) is 9.18 Å². The van der Waals surface area contributed by atoms with Crippen LogP contribution < -0.4 is 0 Å². The van der Waals surface area contributed by atoms with Gasteiger partial charge in [-0.05, 0) is 70.7 Å². The van der Waals surface area contributed by atoms with E-state index < -0.39 is 11.4 Å². The topological polar surface area (TPSA) is 76.4 Å². The Balaban J connectivity index is 1.47. The number of morpholine rings is 1. The van der Waals surface area contributed by atoms with E-state index in [4.69, 9.17) is 9.47 Å². The molecule has 2 aliphatic heterocycles. The second-order valence-corrected chi connectivity index (χ2v) is 11.4. The number of halogens is 1. The van der Waals surface area contributed by atoms with E-state index in [1.165, 1.54) is 12.1 Å². The van der Waals surface area contributed by atoms with Gasteiger partial charge in [-0.3, -0.25) is 9.78 Å². The Morgan fingerprint density at radius 3 is 2.63 bits per heavy atom. The summed E-state index contributed by atoms with van der Waals surface area (Å²) in [6, 6.07) is 6.39. The van der Waals surface area contributed by atoms with Crippen LogP contribution in [0.5, 0.6) is 0 Å². The lowest BCUT2D eigenvalue weighted by Gasteiger charge is -2.39. The van der Waals surface area contributed by atoms with Crippen molar-refractivity contribution < 1.29 is 23.5 Å². The molecule has 0 spiro atoms. The van der Waals surface area contributed by atoms with Crippen molar-refractivity contribution in [2.45, 2.75) is 52.7 Å². The zero-order valence-electron chi connectivity index (χ0n) is 22.7. The molecule has 4 heterocycles. The van der Waals surface area contributed by atoms with E-state index in [2.05, 4.69) is 15.5 Å². The van der Waals surface area contributed by atoms with E-state index >= 15 is 0 Å². The Labute approximate surface area is 222 Å². The number of carbonyl (C=O) groups excluding carboxylic acids is 2. The average molecular weight is 523 g/mol. The zero-order chi connectivity index (χ0) is 27.2. The third kappa shape index (κ3) is 5.12. The molecule has 2 aromatic heterocycles. The summed E-state index contributed by atoms with van der Waals surface area (Å²) in [6.45, 7) is 12.2. The van der Waals surface area contributed by atoms with E-state index in [1.807, 2.05) is 34.6 Å². The summed E-state index contributed by atoms with van der Waals surface area (Å²) in [5.74, 6) is -0.374. The summed E-state index contributed by atoms with van der Waals surface area (Å²) in [6.07, 6.45) is 4.05. The van der Waals surface area contributed by atoms with Gasteiger partial charge in [0.05, 0.1) is 36.5 Å². The predicted molar refractivity (Wildman–Crippen MR) is 142 cm³/mol. The summed E-state index contributed by atoms with van der Waals surface area (Å²) in [5.41, 5.74) is 4.20. The Kier molecular flexibility index (Phi) is 6.90. The lowest BCUT2D eigenvalue weighted by atomic mass is 9.94. The molecule has 2 fully saturated rings. The number of nitrogens with zero attached hydrogens (tertiary/aromatic N) is 4. The molecule has 1 atom stereocenters. The summed E-state index contributed by atoms with van der Waals surface area (Å²) >= 11 is 0. The van der Waals surface area contributed by atoms with Gasteiger partial charge in [0.25, 0.3) is 5.91 Å². The minimum absolute atomic E-state index is 0.0934. The van der Waals surface area contributed by atoms with E-state index in [1.54, 1.807) is 28.3 Å². The van der Waals surface area contributed by atoms with Gasteiger partial charge in [0.1, 0.15) is 11.4 Å². The lowest BCUT2D eigenvalue weighted by Crippen LogP contribution is -2.52. The number of hydrogen-bond acceptors (Lipinski definition) is 5. The molecule has 1 aromatic carbocycles. The highest BCUT2D eigenvalue weighted by Crippen LogP contribution is 2.35. The molecule has 8 nitrogen and oxygen atoms in total. The molecular weight excluding hydrogens is 487 g/mol. The Morgan fingerprint density at radius 1 is 1.16 bits per heavy atom. The molecule has 202 valence electrons. The Morgan fingerprint density at radius 2 is 1.92 bits per heavy atom. The molecule has 2 saturated heterocycles. The second kappa shape index (κ2) is 10.0. The fraction of sp³-hybridized carbons (Fsp3) is 0.483. The van der Waals surface area contributed by atoms with Crippen molar-refractivity contribution in [1.82, 2.24) is 19.2 Å². The maximum atomic E-state index is 14.4. The Bertz CT molecular complexity index is 1370. The highest BCUT2D eigenvalue weighted by molar-refractivity contribution is 6.03. The van der Waals surface area contributed by atoms with Gasteiger partial charge >= 0.3 is 6.09 Å². The number of aryl methyl sites for hydroxylation is 1. The second-order valence-electron chi connectivity index (χ2n) is 11.4. The first-order valence-electron chi connectivity index (χ1n) is 13.1. The molecule has 38 heavy (non-hydrogen) atoms. The highest BCUT2D eigenvalue weighted by atomic mass is 19.1. The number of ether oxygens (including phenoxy) is 2. The number of benzene rings is 1. The van der Waals surface area contributed by atoms with Crippen molar-refractivity contribution in [3.05, 3.63) is 59.4 Å². The van der Waals surface area contributed by atoms with Crippen molar-refractivity contribution in [3.63, 3.8) is 0 Å². The first kappa shape index (κ1) is 26.2. The van der Waals surface area contributed by atoms with Crippen LogP contribution in [0.15, 0.2) is 36.7 Å². The lowest BCUT2D eigenvalue weighted by molar-refractivity contribution is -0.00106. The van der Waals surface area contributed by atoms with Crippen LogP contribution in [0.2, 0.25) is 0 Å². The third-order valence-electron chi connectivity index (χ3n) is 7.16. The molecule has 3 aromatic rings. The monoisotopic (exact) mass is 522 g/mol. The molecule has 5 rings (SSSR count). The zero-order valence-corrected chi connectivity index (χ0v) is 22.7. The van der Waals surface area contributed by atoms with Crippen molar-refractivity contribution in [2.75, 3.05) is 32.8 Å². The summed E-state index contributed by atoms with van der Waals surface area (Å²) in [4.78, 5) is 33.9. The van der Waals surface area contributed by atoms with Crippen LogP contribution in [-0.4, -0.2) is 75.7 Å².